The van der Waals surface area contributed by atoms with Crippen molar-refractivity contribution in [1.29, 1.82) is 0 Å². The smallest absolute Gasteiger partial charge is 0.228 e. The standard InChI is InChI=1S/C22H32ClN7O/c1-11(2)17(10-31)26-22-27-21(25-14-7-8-16(24)15(23)9-14)19-20(30(22)13(5)6)18(12(3)4)28-29-19/h7-9,11-13,17,31H,10,24H2,1-6H3,(H,28,29)(H,25,26,27). The predicted octanol–water partition coefficient (Wildman–Crippen LogP) is 4.36. The van der Waals surface area contributed by atoms with Crippen LogP contribution in [-0.2, 0) is 0 Å². The van der Waals surface area contributed by atoms with Gasteiger partial charge in [0.1, 0.15) is 0 Å². The highest BCUT2D eigenvalue weighted by atomic mass is 35.5. The van der Waals surface area contributed by atoms with E-state index in [1.807, 2.05) is 19.9 Å². The number of anilines is 3. The summed E-state index contributed by atoms with van der Waals surface area (Å²) in [6.45, 7) is 12.4. The van der Waals surface area contributed by atoms with Crippen LogP contribution in [0.5, 0.6) is 0 Å². The summed E-state index contributed by atoms with van der Waals surface area (Å²) in [4.78, 5) is 9.67. The average Bonchev–Trinajstić information content (AvgIpc) is 3.13. The van der Waals surface area contributed by atoms with Crippen LogP contribution in [-0.4, -0.2) is 37.5 Å². The van der Waals surface area contributed by atoms with E-state index < -0.39 is 0 Å². The van der Waals surface area contributed by atoms with Crippen LogP contribution in [0.4, 0.5) is 17.2 Å². The Morgan fingerprint density at radius 1 is 1.23 bits per heavy atom. The molecule has 0 amide bonds. The fourth-order valence-corrected chi connectivity index (χ4v) is 3.61. The number of rotatable bonds is 7. The number of aromatic nitrogens is 4. The maximum absolute atomic E-state index is 9.87. The lowest BCUT2D eigenvalue weighted by Gasteiger charge is -2.19. The Bertz CT molecular complexity index is 1130. The Morgan fingerprint density at radius 3 is 2.48 bits per heavy atom. The molecule has 0 aliphatic heterocycles. The Labute approximate surface area is 187 Å². The van der Waals surface area contributed by atoms with Crippen LogP contribution < -0.4 is 16.7 Å². The molecule has 1 unspecified atom stereocenters. The van der Waals surface area contributed by atoms with E-state index in [4.69, 9.17) is 27.3 Å². The molecule has 3 aromatic rings. The summed E-state index contributed by atoms with van der Waals surface area (Å²) in [6, 6.07) is 5.18. The van der Waals surface area contributed by atoms with Crippen molar-refractivity contribution in [1.82, 2.24) is 19.7 Å². The molecule has 2 aromatic heterocycles. The van der Waals surface area contributed by atoms with Crippen molar-refractivity contribution in [3.8, 4) is 0 Å². The van der Waals surface area contributed by atoms with Gasteiger partial charge in [-0.15, -0.1) is 0 Å². The summed E-state index contributed by atoms with van der Waals surface area (Å²) in [5.41, 5.74) is 10.3. The maximum atomic E-state index is 9.87. The van der Waals surface area contributed by atoms with Crippen molar-refractivity contribution in [3.63, 3.8) is 0 Å². The second-order valence-corrected chi connectivity index (χ2v) is 9.10. The van der Waals surface area contributed by atoms with Gasteiger partial charge in [0.25, 0.3) is 0 Å². The van der Waals surface area contributed by atoms with Crippen molar-refractivity contribution in [3.05, 3.63) is 34.5 Å². The van der Waals surface area contributed by atoms with Gasteiger partial charge in [0.15, 0.2) is 11.3 Å². The molecule has 1 atom stereocenters. The second kappa shape index (κ2) is 9.28. The van der Waals surface area contributed by atoms with E-state index in [0.29, 0.717) is 22.1 Å². The van der Waals surface area contributed by atoms with Gasteiger partial charge in [-0.25, -0.2) is 4.99 Å². The molecular formula is C22H32ClN7O. The van der Waals surface area contributed by atoms with Crippen molar-refractivity contribution in [2.45, 2.75) is 59.5 Å². The number of H-pyrrole nitrogens is 1. The van der Waals surface area contributed by atoms with Crippen LogP contribution in [0, 0.1) is 5.92 Å². The summed E-state index contributed by atoms with van der Waals surface area (Å²) >= 11 is 6.21. The van der Waals surface area contributed by atoms with E-state index >= 15 is 0 Å². The number of fused-ring (bicyclic) bond motifs is 1. The van der Waals surface area contributed by atoms with E-state index in [1.54, 1.807) is 12.1 Å². The zero-order valence-corrected chi connectivity index (χ0v) is 19.7. The third-order valence-electron chi connectivity index (χ3n) is 5.25. The zero-order chi connectivity index (χ0) is 22.9. The number of aromatic amines is 1. The van der Waals surface area contributed by atoms with Gasteiger partial charge in [0.2, 0.25) is 5.62 Å². The Balaban J connectivity index is 2.33. The van der Waals surface area contributed by atoms with E-state index in [2.05, 4.69) is 47.8 Å². The first kappa shape index (κ1) is 23.1. The Hall–Kier alpha value is -2.58. The molecule has 0 fully saturated rings. The Morgan fingerprint density at radius 2 is 1.94 bits per heavy atom. The summed E-state index contributed by atoms with van der Waals surface area (Å²) in [7, 11) is 0. The summed E-state index contributed by atoms with van der Waals surface area (Å²) < 4.78 is 2.08. The van der Waals surface area contributed by atoms with Gasteiger partial charge in [-0.2, -0.15) is 10.1 Å². The zero-order valence-electron chi connectivity index (χ0n) is 18.9. The predicted molar refractivity (Wildman–Crippen MR) is 127 cm³/mol. The van der Waals surface area contributed by atoms with Gasteiger partial charge < -0.3 is 20.7 Å². The maximum Gasteiger partial charge on any atom is 0.228 e. The van der Waals surface area contributed by atoms with Crippen molar-refractivity contribution in [2.24, 2.45) is 10.9 Å². The van der Waals surface area contributed by atoms with Gasteiger partial charge in [-0.1, -0.05) is 39.3 Å². The number of nitrogen functional groups attached to an aromatic ring is 1. The number of halogens is 1. The fraction of sp³-hybridized carbons (Fsp3) is 0.500. The first-order valence-electron chi connectivity index (χ1n) is 10.6. The lowest BCUT2D eigenvalue weighted by Crippen LogP contribution is -2.32. The molecule has 0 bridgehead atoms. The van der Waals surface area contributed by atoms with Crippen LogP contribution in [0.3, 0.4) is 0 Å². The molecule has 0 radical (unpaired) electrons. The minimum Gasteiger partial charge on any atom is -0.398 e. The molecule has 31 heavy (non-hydrogen) atoms. The van der Waals surface area contributed by atoms with Crippen LogP contribution in [0.25, 0.3) is 11.0 Å². The van der Waals surface area contributed by atoms with Crippen LogP contribution in [0.15, 0.2) is 23.2 Å². The SMILES string of the molecule is CC(C)c1[nH]nc2c(Nc3ccc(N)c(Cl)c3)nc(=NC(CO)C(C)C)n(C(C)C)c12. The summed E-state index contributed by atoms with van der Waals surface area (Å²) in [6.07, 6.45) is 0. The molecule has 9 heteroatoms. The molecular weight excluding hydrogens is 414 g/mol. The third-order valence-corrected chi connectivity index (χ3v) is 5.58. The first-order valence-corrected chi connectivity index (χ1v) is 11.0. The van der Waals surface area contributed by atoms with E-state index in [9.17, 15) is 5.11 Å². The minimum absolute atomic E-state index is 0.0474. The summed E-state index contributed by atoms with van der Waals surface area (Å²) in [5.74, 6) is 0.960. The lowest BCUT2D eigenvalue weighted by atomic mass is 10.1. The molecule has 0 aliphatic rings. The average molecular weight is 446 g/mol. The number of hydrogen-bond acceptors (Lipinski definition) is 6. The number of nitrogens with zero attached hydrogens (tertiary/aromatic N) is 4. The molecule has 5 N–H and O–H groups in total. The summed E-state index contributed by atoms with van der Waals surface area (Å²) in [5, 5.41) is 21.4. The number of aliphatic hydroxyl groups excluding tert-OH is 1. The molecule has 3 rings (SSSR count). The molecule has 168 valence electrons. The van der Waals surface area contributed by atoms with Gasteiger partial charge in [0.05, 0.1) is 34.6 Å². The monoisotopic (exact) mass is 445 g/mol. The molecule has 0 spiro atoms. The molecule has 0 saturated heterocycles. The lowest BCUT2D eigenvalue weighted by molar-refractivity contribution is 0.235. The van der Waals surface area contributed by atoms with Gasteiger partial charge in [0, 0.05) is 11.7 Å². The highest BCUT2D eigenvalue weighted by Gasteiger charge is 2.21. The topological polar surface area (TPSA) is 117 Å². The van der Waals surface area contributed by atoms with Crippen LogP contribution >= 0.6 is 11.6 Å². The van der Waals surface area contributed by atoms with E-state index in [-0.39, 0.29) is 30.5 Å². The van der Waals surface area contributed by atoms with Crippen molar-refractivity contribution < 1.29 is 5.11 Å². The van der Waals surface area contributed by atoms with E-state index in [1.165, 1.54) is 0 Å². The minimum atomic E-state index is -0.261. The Kier molecular flexibility index (Phi) is 6.91. The van der Waals surface area contributed by atoms with Crippen molar-refractivity contribution in [2.75, 3.05) is 17.7 Å². The molecule has 2 heterocycles. The second-order valence-electron chi connectivity index (χ2n) is 8.70. The number of benzene rings is 1. The largest absolute Gasteiger partial charge is 0.398 e. The molecule has 1 aromatic carbocycles. The molecule has 0 saturated carbocycles. The quantitative estimate of drug-likeness (QED) is 0.403. The normalized spacial score (nSPS) is 13.7. The van der Waals surface area contributed by atoms with Gasteiger partial charge >= 0.3 is 0 Å². The number of hydrogen-bond donors (Lipinski definition) is 4. The first-order chi connectivity index (χ1) is 14.6. The van der Waals surface area contributed by atoms with E-state index in [0.717, 1.165) is 22.4 Å². The highest BCUT2D eigenvalue weighted by Crippen LogP contribution is 2.30. The van der Waals surface area contributed by atoms with Crippen LogP contribution in [0.1, 0.15) is 59.2 Å². The number of nitrogens with two attached hydrogens (primary N) is 1. The molecule has 0 aliphatic carbocycles. The van der Waals surface area contributed by atoms with Crippen molar-refractivity contribution >= 4 is 39.8 Å². The van der Waals surface area contributed by atoms with Gasteiger partial charge in [-0.3, -0.25) is 5.10 Å². The van der Waals surface area contributed by atoms with Gasteiger partial charge in [-0.05, 0) is 43.9 Å². The highest BCUT2D eigenvalue weighted by molar-refractivity contribution is 6.33. The fourth-order valence-electron chi connectivity index (χ4n) is 3.43. The molecule has 8 nitrogen and oxygen atoms in total. The number of aliphatic hydroxyl groups is 1. The third kappa shape index (κ3) is 4.70. The van der Waals surface area contributed by atoms with Crippen LogP contribution in [0.2, 0.25) is 5.02 Å². The number of nitrogens with one attached hydrogen (secondary N) is 2.